The Morgan fingerprint density at radius 3 is 1.52 bits per heavy atom. The fourth-order valence-electron chi connectivity index (χ4n) is 5.78. The number of hydrogen-bond donors (Lipinski definition) is 3. The van der Waals surface area contributed by atoms with Crippen molar-refractivity contribution in [2.75, 3.05) is 40.9 Å². The Morgan fingerprint density at radius 2 is 1.02 bits per heavy atom. The minimum absolute atomic E-state index is 0.0415. The predicted octanol–water partition coefficient (Wildman–Crippen LogP) is 13.3. The maximum atomic E-state index is 12.9. The van der Waals surface area contributed by atoms with E-state index in [0.29, 0.717) is 17.4 Å². The molecule has 0 saturated carbocycles. The van der Waals surface area contributed by atoms with Crippen LogP contribution in [0.15, 0.2) is 109 Å². The number of unbranched alkanes of at least 4 members (excludes halogenated alkanes) is 11. The van der Waals surface area contributed by atoms with Crippen LogP contribution in [-0.2, 0) is 18.4 Å². The van der Waals surface area contributed by atoms with Gasteiger partial charge in [-0.3, -0.25) is 13.8 Å². The number of carbonyl (C=O) groups is 1. The third-order valence-corrected chi connectivity index (χ3v) is 10.4. The van der Waals surface area contributed by atoms with E-state index in [2.05, 4.69) is 116 Å². The smallest absolute Gasteiger partial charge is 0.387 e. The van der Waals surface area contributed by atoms with E-state index in [1.165, 1.54) is 38.5 Å². The van der Waals surface area contributed by atoms with Gasteiger partial charge in [0.05, 0.1) is 39.9 Å². The minimum Gasteiger partial charge on any atom is -0.387 e. The van der Waals surface area contributed by atoms with E-state index in [-0.39, 0.29) is 19.1 Å². The van der Waals surface area contributed by atoms with Gasteiger partial charge in [-0.1, -0.05) is 162 Å². The van der Waals surface area contributed by atoms with Crippen LogP contribution in [0.1, 0.15) is 155 Å². The molecule has 0 radical (unpaired) electrons. The fourth-order valence-corrected chi connectivity index (χ4v) is 6.52. The Kier molecular flexibility index (Phi) is 39.5. The Bertz CT molecular complexity index is 1340. The third-order valence-electron chi connectivity index (χ3n) is 9.45. The molecule has 0 aliphatic heterocycles. The van der Waals surface area contributed by atoms with Crippen LogP contribution in [0.4, 0.5) is 0 Å². The number of quaternary nitrogens is 1. The molecule has 0 aromatic heterocycles. The number of phosphoric ester groups is 1. The summed E-state index contributed by atoms with van der Waals surface area (Å²) in [5, 5.41) is 13.8. The maximum Gasteiger partial charge on any atom is 0.472 e. The Labute approximate surface area is 368 Å². The Hall–Kier alpha value is -2.84. The molecule has 0 heterocycles. The highest BCUT2D eigenvalue weighted by molar-refractivity contribution is 7.47. The highest BCUT2D eigenvalue weighted by Gasteiger charge is 2.27. The number of phosphoric acid groups is 1. The number of nitrogens with one attached hydrogen (secondary N) is 1. The average Bonchev–Trinajstić information content (AvgIpc) is 3.20. The normalized spacial score (nSPS) is 15.2. The van der Waals surface area contributed by atoms with Crippen LogP contribution in [0.2, 0.25) is 0 Å². The van der Waals surface area contributed by atoms with E-state index in [9.17, 15) is 19.4 Å². The third kappa shape index (κ3) is 43.3. The van der Waals surface area contributed by atoms with Crippen LogP contribution >= 0.6 is 7.82 Å². The van der Waals surface area contributed by atoms with Gasteiger partial charge in [0.25, 0.3) is 0 Å². The largest absolute Gasteiger partial charge is 0.472 e. The topological polar surface area (TPSA) is 105 Å². The van der Waals surface area contributed by atoms with Crippen molar-refractivity contribution in [3.05, 3.63) is 109 Å². The van der Waals surface area contributed by atoms with Crippen LogP contribution in [-0.4, -0.2) is 73.4 Å². The summed E-state index contributed by atoms with van der Waals surface area (Å²) in [5.41, 5.74) is 0. The predicted molar refractivity (Wildman–Crippen MR) is 258 cm³/mol. The summed E-state index contributed by atoms with van der Waals surface area (Å²) in [7, 11) is 1.50. The zero-order valence-electron chi connectivity index (χ0n) is 38.6. The fraction of sp³-hybridized carbons (Fsp3) is 0.627. The van der Waals surface area contributed by atoms with Gasteiger partial charge in [-0.25, -0.2) is 4.57 Å². The molecule has 3 unspecified atom stereocenters. The number of carbonyl (C=O) groups excluding carboxylic acids is 1. The van der Waals surface area contributed by atoms with Gasteiger partial charge in [-0.15, -0.1) is 0 Å². The number of nitrogens with zero attached hydrogens (tertiary/aromatic N) is 1. The van der Waals surface area contributed by atoms with Crippen molar-refractivity contribution < 1.29 is 32.9 Å². The van der Waals surface area contributed by atoms with E-state index in [1.54, 1.807) is 6.08 Å². The molecule has 0 bridgehead atoms. The van der Waals surface area contributed by atoms with E-state index >= 15 is 0 Å². The van der Waals surface area contributed by atoms with Crippen LogP contribution in [0.25, 0.3) is 0 Å². The van der Waals surface area contributed by atoms with Crippen molar-refractivity contribution in [1.29, 1.82) is 0 Å². The quantitative estimate of drug-likeness (QED) is 0.0245. The number of likely N-dealkylation sites (N-methyl/N-ethyl adjacent to an activating group) is 1. The first-order chi connectivity index (χ1) is 29.0. The summed E-state index contributed by atoms with van der Waals surface area (Å²) >= 11 is 0. The van der Waals surface area contributed by atoms with Gasteiger partial charge in [0.15, 0.2) is 0 Å². The zero-order valence-corrected chi connectivity index (χ0v) is 39.5. The molecule has 60 heavy (non-hydrogen) atoms. The standard InChI is InChI=1S/C51H87N2O6P/c1-6-8-10-12-14-16-18-20-22-23-24-25-26-27-28-29-31-33-35-37-39-41-43-45-51(55)52-49(48-59-60(56,57)58-47-46-53(3,4)5)50(54)44-42-40-38-36-34-32-30-21-19-17-15-13-11-9-7-2/h8,10,14,16,19-22,24-25,27-28,31,33-34,36,42,44,49-50,54H,6-7,9,11-13,15,17-18,23,26,29-30,32,35,37-41,43,45-48H2,1-5H3,(H-,52,55,56,57)/p+1/b10-8-,16-14-,21-19+,22-20-,25-24-,28-27-,33-31-,36-34+,44-42+. The van der Waals surface area contributed by atoms with Gasteiger partial charge in [-0.2, -0.15) is 0 Å². The number of hydrogen-bond acceptors (Lipinski definition) is 5. The molecule has 342 valence electrons. The lowest BCUT2D eigenvalue weighted by Crippen LogP contribution is -2.45. The summed E-state index contributed by atoms with van der Waals surface area (Å²) in [6.07, 6.45) is 60.2. The van der Waals surface area contributed by atoms with Crippen LogP contribution < -0.4 is 5.32 Å². The van der Waals surface area contributed by atoms with Crippen LogP contribution in [0.5, 0.6) is 0 Å². The lowest BCUT2D eigenvalue weighted by Gasteiger charge is -2.25. The highest BCUT2D eigenvalue weighted by atomic mass is 31.2. The van der Waals surface area contributed by atoms with E-state index in [1.807, 2.05) is 27.2 Å². The van der Waals surface area contributed by atoms with Gasteiger partial charge in [-0.05, 0) is 96.3 Å². The molecule has 0 aliphatic rings. The molecule has 3 atom stereocenters. The first kappa shape index (κ1) is 57.2. The average molecular weight is 856 g/mol. The van der Waals surface area contributed by atoms with Gasteiger partial charge < -0.3 is 19.8 Å². The number of aliphatic hydroxyl groups excluding tert-OH is 1. The lowest BCUT2D eigenvalue weighted by atomic mass is 10.1. The number of aliphatic hydroxyl groups is 1. The first-order valence-electron chi connectivity index (χ1n) is 23.3. The molecule has 0 aromatic rings. The molecule has 0 fully saturated rings. The molecule has 1 amide bonds. The second-order valence-electron chi connectivity index (χ2n) is 16.4. The molecule has 9 heteroatoms. The van der Waals surface area contributed by atoms with Crippen LogP contribution in [0, 0.1) is 0 Å². The van der Waals surface area contributed by atoms with E-state index in [4.69, 9.17) is 9.05 Å². The summed E-state index contributed by atoms with van der Waals surface area (Å²) in [6, 6.07) is -0.890. The second kappa shape index (κ2) is 41.5. The monoisotopic (exact) mass is 856 g/mol. The van der Waals surface area contributed by atoms with Crippen molar-refractivity contribution >= 4 is 13.7 Å². The highest BCUT2D eigenvalue weighted by Crippen LogP contribution is 2.43. The molecular formula is C51H88N2O6P+. The second-order valence-corrected chi connectivity index (χ2v) is 17.8. The zero-order chi connectivity index (χ0) is 44.3. The molecule has 0 aliphatic carbocycles. The number of rotatable bonds is 40. The van der Waals surface area contributed by atoms with E-state index < -0.39 is 20.0 Å². The summed E-state index contributed by atoms with van der Waals surface area (Å²) in [5.74, 6) is -0.222. The first-order valence-corrected chi connectivity index (χ1v) is 24.8. The Balaban J connectivity index is 4.52. The summed E-state index contributed by atoms with van der Waals surface area (Å²) < 4.78 is 23.5. The molecule has 0 aromatic carbocycles. The van der Waals surface area contributed by atoms with Crippen molar-refractivity contribution in [2.45, 2.75) is 167 Å². The molecule has 0 rings (SSSR count). The van der Waals surface area contributed by atoms with Crippen molar-refractivity contribution in [1.82, 2.24) is 5.32 Å². The van der Waals surface area contributed by atoms with Gasteiger partial charge in [0, 0.05) is 6.42 Å². The SMILES string of the molecule is CC/C=C\C/C=C\C/C=C\C/C=C\C/C=C\C/C=C\CCCCCCC(=O)NC(COP(=O)(O)OCC[N+](C)(C)C)C(O)/C=C/CC/C=C/CC/C=C/CCCCCCC. The summed E-state index contributed by atoms with van der Waals surface area (Å²) in [6.45, 7) is 4.60. The van der Waals surface area contributed by atoms with Gasteiger partial charge in [0.2, 0.25) is 5.91 Å². The Morgan fingerprint density at radius 1 is 0.583 bits per heavy atom. The van der Waals surface area contributed by atoms with Gasteiger partial charge >= 0.3 is 7.82 Å². The maximum absolute atomic E-state index is 12.9. The van der Waals surface area contributed by atoms with Gasteiger partial charge in [0.1, 0.15) is 13.2 Å². The van der Waals surface area contributed by atoms with Crippen molar-refractivity contribution in [3.8, 4) is 0 Å². The molecule has 8 nitrogen and oxygen atoms in total. The lowest BCUT2D eigenvalue weighted by molar-refractivity contribution is -0.870. The van der Waals surface area contributed by atoms with Crippen molar-refractivity contribution in [3.63, 3.8) is 0 Å². The minimum atomic E-state index is -4.37. The van der Waals surface area contributed by atoms with Crippen molar-refractivity contribution in [2.24, 2.45) is 0 Å². The molecular weight excluding hydrogens is 768 g/mol. The summed E-state index contributed by atoms with van der Waals surface area (Å²) in [4.78, 5) is 23.1. The number of amides is 1. The molecule has 0 saturated heterocycles. The molecule has 0 spiro atoms. The molecule has 3 N–H and O–H groups in total. The number of allylic oxidation sites excluding steroid dienone is 17. The van der Waals surface area contributed by atoms with E-state index in [0.717, 1.165) is 96.3 Å². The van der Waals surface area contributed by atoms with Crippen LogP contribution in [0.3, 0.4) is 0 Å².